The van der Waals surface area contributed by atoms with E-state index in [-0.39, 0.29) is 10.8 Å². The van der Waals surface area contributed by atoms with Crippen LogP contribution in [-0.2, 0) is 16.6 Å². The second kappa shape index (κ2) is 9.96. The first kappa shape index (κ1) is 23.5. The average molecular weight is 447 g/mol. The molecule has 0 radical (unpaired) electrons. The van der Waals surface area contributed by atoms with Crippen LogP contribution in [0.15, 0.2) is 41.6 Å². The highest BCUT2D eigenvalue weighted by molar-refractivity contribution is 7.89. The summed E-state index contributed by atoms with van der Waals surface area (Å²) < 4.78 is 28.9. The minimum atomic E-state index is -3.51. The molecule has 1 fully saturated rings. The van der Waals surface area contributed by atoms with Gasteiger partial charge in [0.05, 0.1) is 4.90 Å². The van der Waals surface area contributed by atoms with E-state index < -0.39 is 10.0 Å². The quantitative estimate of drug-likeness (QED) is 0.621. The molecule has 2 heterocycles. The number of sulfonamides is 1. The Morgan fingerprint density at radius 2 is 1.74 bits per heavy atom. The Balaban J connectivity index is 1.60. The van der Waals surface area contributed by atoms with E-state index in [1.54, 1.807) is 24.3 Å². The molecule has 31 heavy (non-hydrogen) atoms. The van der Waals surface area contributed by atoms with Crippen molar-refractivity contribution >= 4 is 15.9 Å². The molecule has 3 rings (SSSR count). The van der Waals surface area contributed by atoms with Gasteiger partial charge in [0.1, 0.15) is 5.82 Å². The smallest absolute Gasteiger partial charge is 0.253 e. The molecule has 0 atom stereocenters. The van der Waals surface area contributed by atoms with Crippen LogP contribution in [0.25, 0.3) is 0 Å². The number of carbonyl (C=O) groups excluding carboxylic acids is 1. The maximum Gasteiger partial charge on any atom is 0.253 e. The first-order valence-corrected chi connectivity index (χ1v) is 12.6. The number of amides is 1. The Morgan fingerprint density at radius 1 is 1.13 bits per heavy atom. The summed E-state index contributed by atoms with van der Waals surface area (Å²) in [5, 5.41) is 0. The standard InChI is InChI=1S/C23H34N4O3S/c1-5-27(6-2)31(29,30)21-9-7-20(8-10-21)23(28)25-14-11-19(12-15-25)17-26-16-13-24-22(26)18(3)4/h7-10,13,16,18-19H,5-6,11-12,14-15,17H2,1-4H3. The summed E-state index contributed by atoms with van der Waals surface area (Å²) in [5.74, 6) is 2.00. The van der Waals surface area contributed by atoms with Gasteiger partial charge in [-0.05, 0) is 43.0 Å². The zero-order valence-corrected chi connectivity index (χ0v) is 19.8. The fraction of sp³-hybridized carbons (Fsp3) is 0.565. The van der Waals surface area contributed by atoms with Crippen molar-refractivity contribution < 1.29 is 13.2 Å². The van der Waals surface area contributed by atoms with Gasteiger partial charge in [-0.3, -0.25) is 4.79 Å². The molecule has 1 saturated heterocycles. The Bertz CT molecular complexity index is 971. The molecule has 0 spiro atoms. The molecule has 1 amide bonds. The van der Waals surface area contributed by atoms with Gasteiger partial charge in [0.25, 0.3) is 5.91 Å². The number of benzene rings is 1. The van der Waals surface area contributed by atoms with Crippen molar-refractivity contribution in [1.82, 2.24) is 18.8 Å². The SMILES string of the molecule is CCN(CC)S(=O)(=O)c1ccc(C(=O)N2CCC(Cn3ccnc3C(C)C)CC2)cc1. The fourth-order valence-electron chi connectivity index (χ4n) is 4.24. The second-order valence-electron chi connectivity index (χ2n) is 8.44. The maximum atomic E-state index is 12.9. The first-order valence-electron chi connectivity index (χ1n) is 11.2. The van der Waals surface area contributed by atoms with Gasteiger partial charge in [-0.2, -0.15) is 4.31 Å². The summed E-state index contributed by atoms with van der Waals surface area (Å²) in [6, 6.07) is 6.34. The molecule has 0 unspecified atom stereocenters. The van der Waals surface area contributed by atoms with E-state index in [1.807, 2.05) is 31.1 Å². The van der Waals surface area contributed by atoms with Crippen molar-refractivity contribution in [3.63, 3.8) is 0 Å². The average Bonchev–Trinajstić information content (AvgIpc) is 3.23. The highest BCUT2D eigenvalue weighted by Gasteiger charge is 2.26. The topological polar surface area (TPSA) is 75.5 Å². The van der Waals surface area contributed by atoms with Gasteiger partial charge < -0.3 is 9.47 Å². The number of piperidine rings is 1. The molecule has 1 aromatic carbocycles. The zero-order valence-electron chi connectivity index (χ0n) is 19.0. The predicted octanol–water partition coefficient (Wildman–Crippen LogP) is 3.59. The molecule has 0 saturated carbocycles. The van der Waals surface area contributed by atoms with E-state index in [9.17, 15) is 13.2 Å². The minimum Gasteiger partial charge on any atom is -0.339 e. The van der Waals surface area contributed by atoms with Crippen molar-refractivity contribution in [1.29, 1.82) is 0 Å². The van der Waals surface area contributed by atoms with Crippen molar-refractivity contribution in [3.8, 4) is 0 Å². The molecule has 1 aromatic heterocycles. The minimum absolute atomic E-state index is 0.0317. The van der Waals surface area contributed by atoms with Gasteiger partial charge >= 0.3 is 0 Å². The summed E-state index contributed by atoms with van der Waals surface area (Å²) in [5.41, 5.74) is 0.536. The van der Waals surface area contributed by atoms with E-state index in [0.717, 1.165) is 25.2 Å². The molecule has 0 bridgehead atoms. The van der Waals surface area contributed by atoms with Crippen LogP contribution in [0.4, 0.5) is 0 Å². The summed E-state index contributed by atoms with van der Waals surface area (Å²) in [6.07, 6.45) is 5.81. The molecular weight excluding hydrogens is 412 g/mol. The lowest BCUT2D eigenvalue weighted by Gasteiger charge is -2.32. The van der Waals surface area contributed by atoms with Crippen LogP contribution >= 0.6 is 0 Å². The molecule has 2 aromatic rings. The Morgan fingerprint density at radius 3 is 2.29 bits per heavy atom. The highest BCUT2D eigenvalue weighted by atomic mass is 32.2. The van der Waals surface area contributed by atoms with Gasteiger partial charge in [-0.25, -0.2) is 13.4 Å². The molecule has 0 aliphatic carbocycles. The van der Waals surface area contributed by atoms with E-state index in [4.69, 9.17) is 0 Å². The van der Waals surface area contributed by atoms with Crippen molar-refractivity contribution in [3.05, 3.63) is 48.0 Å². The molecule has 7 nitrogen and oxygen atoms in total. The number of hydrogen-bond donors (Lipinski definition) is 0. The van der Waals surface area contributed by atoms with Crippen molar-refractivity contribution in [2.75, 3.05) is 26.2 Å². The van der Waals surface area contributed by atoms with Crippen LogP contribution in [0, 0.1) is 5.92 Å². The largest absolute Gasteiger partial charge is 0.339 e. The Kier molecular flexibility index (Phi) is 7.54. The third-order valence-electron chi connectivity index (χ3n) is 6.07. The lowest BCUT2D eigenvalue weighted by Crippen LogP contribution is -2.39. The Hall–Kier alpha value is -2.19. The fourth-order valence-corrected chi connectivity index (χ4v) is 5.70. The normalized spacial score (nSPS) is 15.7. The van der Waals surface area contributed by atoms with Crippen LogP contribution in [0.5, 0.6) is 0 Å². The summed E-state index contributed by atoms with van der Waals surface area (Å²) in [6.45, 7) is 11.2. The number of aromatic nitrogens is 2. The van der Waals surface area contributed by atoms with Crippen molar-refractivity contribution in [2.45, 2.75) is 57.9 Å². The summed E-state index contributed by atoms with van der Waals surface area (Å²) in [7, 11) is -3.51. The van der Waals surface area contributed by atoms with Crippen LogP contribution in [0.3, 0.4) is 0 Å². The van der Waals surface area contributed by atoms with Gasteiger partial charge in [0.2, 0.25) is 10.0 Å². The number of imidazole rings is 1. The zero-order chi connectivity index (χ0) is 22.6. The van der Waals surface area contributed by atoms with Crippen LogP contribution in [0.2, 0.25) is 0 Å². The van der Waals surface area contributed by atoms with E-state index in [1.165, 1.54) is 4.31 Å². The number of hydrogen-bond acceptors (Lipinski definition) is 4. The number of likely N-dealkylation sites (tertiary alicyclic amines) is 1. The molecule has 170 valence electrons. The van der Waals surface area contributed by atoms with Gasteiger partial charge in [0.15, 0.2) is 0 Å². The van der Waals surface area contributed by atoms with Crippen LogP contribution in [0.1, 0.15) is 62.6 Å². The summed E-state index contributed by atoms with van der Waals surface area (Å²) >= 11 is 0. The molecule has 1 aliphatic heterocycles. The second-order valence-corrected chi connectivity index (χ2v) is 10.4. The van der Waals surface area contributed by atoms with Gasteiger partial charge in [0, 0.05) is 56.6 Å². The lowest BCUT2D eigenvalue weighted by atomic mass is 9.96. The third-order valence-corrected chi connectivity index (χ3v) is 8.13. The van der Waals surface area contributed by atoms with Crippen LogP contribution in [-0.4, -0.2) is 59.3 Å². The first-order chi connectivity index (χ1) is 14.8. The van der Waals surface area contributed by atoms with E-state index >= 15 is 0 Å². The maximum absolute atomic E-state index is 12.9. The molecule has 0 N–H and O–H groups in total. The van der Waals surface area contributed by atoms with E-state index in [2.05, 4.69) is 23.4 Å². The number of rotatable bonds is 8. The molecule has 8 heteroatoms. The predicted molar refractivity (Wildman–Crippen MR) is 121 cm³/mol. The third kappa shape index (κ3) is 5.18. The van der Waals surface area contributed by atoms with E-state index in [0.29, 0.717) is 43.6 Å². The Labute approximate surface area is 186 Å². The summed E-state index contributed by atoms with van der Waals surface area (Å²) in [4.78, 5) is 19.5. The van der Waals surface area contributed by atoms with Gasteiger partial charge in [-0.1, -0.05) is 27.7 Å². The number of carbonyl (C=O) groups is 1. The molecule has 1 aliphatic rings. The van der Waals surface area contributed by atoms with Gasteiger partial charge in [-0.15, -0.1) is 0 Å². The van der Waals surface area contributed by atoms with Crippen LogP contribution < -0.4 is 0 Å². The van der Waals surface area contributed by atoms with Crippen molar-refractivity contribution in [2.24, 2.45) is 5.92 Å². The monoisotopic (exact) mass is 446 g/mol. The molecular formula is C23H34N4O3S. The number of nitrogens with zero attached hydrogens (tertiary/aromatic N) is 4. The highest BCUT2D eigenvalue weighted by Crippen LogP contribution is 2.23. The lowest BCUT2D eigenvalue weighted by molar-refractivity contribution is 0.0682.